The second-order valence-electron chi connectivity index (χ2n) is 4.95. The first-order valence-electron chi connectivity index (χ1n) is 6.85. The quantitative estimate of drug-likeness (QED) is 0.947. The second-order valence-corrected chi connectivity index (χ2v) is 6.14. The van der Waals surface area contributed by atoms with Crippen molar-refractivity contribution in [3.8, 4) is 0 Å². The number of halogens is 1. The number of hydrogen-bond acceptors (Lipinski definition) is 4. The molecule has 3 rings (SSSR count). The lowest BCUT2D eigenvalue weighted by atomic mass is 10.1. The van der Waals surface area contributed by atoms with Crippen molar-refractivity contribution in [1.29, 1.82) is 0 Å². The lowest BCUT2D eigenvalue weighted by Gasteiger charge is -2.06. The van der Waals surface area contributed by atoms with Gasteiger partial charge in [0.25, 0.3) is 0 Å². The summed E-state index contributed by atoms with van der Waals surface area (Å²) in [6, 6.07) is 10.2. The van der Waals surface area contributed by atoms with Gasteiger partial charge in [0.1, 0.15) is 5.82 Å². The molecule has 1 aromatic heterocycles. The zero-order valence-corrected chi connectivity index (χ0v) is 12.7. The smallest absolute Gasteiger partial charge is 0.239 e. The molecule has 2 heterocycles. The summed E-state index contributed by atoms with van der Waals surface area (Å²) in [5.74, 6) is 0.138. The van der Waals surface area contributed by atoms with Crippen molar-refractivity contribution < 1.29 is 9.18 Å². The fourth-order valence-electron chi connectivity index (χ4n) is 2.15. The molecule has 0 saturated carbocycles. The Morgan fingerprint density at radius 2 is 2.14 bits per heavy atom. The number of pyridine rings is 1. The number of aryl methyl sites for hydroxylation is 1. The van der Waals surface area contributed by atoms with E-state index < -0.39 is 0 Å². The van der Waals surface area contributed by atoms with E-state index in [-0.39, 0.29) is 17.0 Å². The highest BCUT2D eigenvalue weighted by atomic mass is 32.2. The van der Waals surface area contributed by atoms with Gasteiger partial charge in [-0.25, -0.2) is 14.4 Å². The fraction of sp³-hybridized carbons (Fsp3) is 0.188. The van der Waals surface area contributed by atoms with E-state index in [2.05, 4.69) is 15.3 Å². The Morgan fingerprint density at radius 3 is 2.91 bits per heavy atom. The number of carbonyl (C=O) groups excluding carboxylic acids is 1. The zero-order valence-electron chi connectivity index (χ0n) is 11.9. The van der Waals surface area contributed by atoms with Crippen molar-refractivity contribution in [3.63, 3.8) is 0 Å². The van der Waals surface area contributed by atoms with Crippen molar-refractivity contribution in [1.82, 2.24) is 10.3 Å². The summed E-state index contributed by atoms with van der Waals surface area (Å²) in [6.07, 6.45) is 1.99. The van der Waals surface area contributed by atoms with Crippen LogP contribution >= 0.6 is 11.8 Å². The Kier molecular flexibility index (Phi) is 4.20. The van der Waals surface area contributed by atoms with Gasteiger partial charge in [0.05, 0.1) is 5.25 Å². The number of amidine groups is 1. The monoisotopic (exact) mass is 315 g/mol. The molecule has 0 bridgehead atoms. The average molecular weight is 315 g/mol. The Balaban J connectivity index is 1.76. The van der Waals surface area contributed by atoms with E-state index >= 15 is 0 Å². The van der Waals surface area contributed by atoms with Crippen LogP contribution in [0.15, 0.2) is 47.6 Å². The number of thioether (sulfide) groups is 1. The van der Waals surface area contributed by atoms with Gasteiger partial charge in [-0.1, -0.05) is 36.0 Å². The molecular formula is C16H14FN3OS. The minimum atomic E-state index is -0.375. The van der Waals surface area contributed by atoms with Crippen LogP contribution in [0.4, 0.5) is 10.2 Å². The topological polar surface area (TPSA) is 54.4 Å². The first-order chi connectivity index (χ1) is 10.6. The highest BCUT2D eigenvalue weighted by molar-refractivity contribution is 8.15. The number of rotatable bonds is 3. The largest absolute Gasteiger partial charge is 0.304 e. The van der Waals surface area contributed by atoms with Gasteiger partial charge in [0, 0.05) is 6.20 Å². The average Bonchev–Trinajstić information content (AvgIpc) is 2.84. The molecule has 112 valence electrons. The van der Waals surface area contributed by atoms with Crippen molar-refractivity contribution in [2.24, 2.45) is 4.99 Å². The van der Waals surface area contributed by atoms with Gasteiger partial charge in [0.15, 0.2) is 11.0 Å². The van der Waals surface area contributed by atoms with E-state index in [0.717, 1.165) is 5.56 Å². The summed E-state index contributed by atoms with van der Waals surface area (Å²) in [5.41, 5.74) is 1.47. The molecular weight excluding hydrogens is 301 g/mol. The van der Waals surface area contributed by atoms with Crippen LogP contribution in [0.3, 0.4) is 0 Å². The molecule has 22 heavy (non-hydrogen) atoms. The SMILES string of the molecule is Cc1cccnc1/N=C1/NC(=O)C(Cc2ccccc2F)S1. The summed E-state index contributed by atoms with van der Waals surface area (Å²) in [5, 5.41) is 2.86. The Bertz CT molecular complexity index is 748. The summed E-state index contributed by atoms with van der Waals surface area (Å²) in [7, 11) is 0. The van der Waals surface area contributed by atoms with Gasteiger partial charge in [-0.3, -0.25) is 4.79 Å². The predicted molar refractivity (Wildman–Crippen MR) is 85.7 cm³/mol. The van der Waals surface area contributed by atoms with Crippen molar-refractivity contribution in [2.45, 2.75) is 18.6 Å². The number of amides is 1. The van der Waals surface area contributed by atoms with Crippen LogP contribution in [-0.2, 0) is 11.2 Å². The minimum Gasteiger partial charge on any atom is -0.304 e. The van der Waals surface area contributed by atoms with Crippen LogP contribution in [0, 0.1) is 12.7 Å². The maximum Gasteiger partial charge on any atom is 0.239 e. The first-order valence-corrected chi connectivity index (χ1v) is 7.72. The molecule has 1 N–H and O–H groups in total. The van der Waals surface area contributed by atoms with Crippen molar-refractivity contribution >= 4 is 28.7 Å². The molecule has 1 amide bonds. The third-order valence-electron chi connectivity index (χ3n) is 3.33. The number of benzene rings is 1. The number of aliphatic imine (C=N–C) groups is 1. The van der Waals surface area contributed by atoms with E-state index in [1.165, 1.54) is 17.8 Å². The molecule has 1 saturated heterocycles. The number of nitrogens with zero attached hydrogens (tertiary/aromatic N) is 2. The maximum absolute atomic E-state index is 13.7. The minimum absolute atomic E-state index is 0.152. The van der Waals surface area contributed by atoms with E-state index in [9.17, 15) is 9.18 Å². The normalized spacial score (nSPS) is 19.5. The molecule has 1 aliphatic rings. The van der Waals surface area contributed by atoms with Crippen LogP contribution in [0.2, 0.25) is 0 Å². The number of carbonyl (C=O) groups is 1. The van der Waals surface area contributed by atoms with Crippen molar-refractivity contribution in [2.75, 3.05) is 0 Å². The van der Waals surface area contributed by atoms with Gasteiger partial charge < -0.3 is 5.32 Å². The second kappa shape index (κ2) is 6.27. The molecule has 6 heteroatoms. The van der Waals surface area contributed by atoms with Gasteiger partial charge in [-0.05, 0) is 36.6 Å². The van der Waals surface area contributed by atoms with E-state index in [1.807, 2.05) is 19.1 Å². The lowest BCUT2D eigenvalue weighted by Crippen LogP contribution is -2.26. The molecule has 4 nitrogen and oxygen atoms in total. The molecule has 2 aromatic rings. The fourth-order valence-corrected chi connectivity index (χ4v) is 3.14. The lowest BCUT2D eigenvalue weighted by molar-refractivity contribution is -0.118. The van der Waals surface area contributed by atoms with Gasteiger partial charge in [-0.15, -0.1) is 0 Å². The van der Waals surface area contributed by atoms with Gasteiger partial charge in [0.2, 0.25) is 5.91 Å². The van der Waals surface area contributed by atoms with E-state index in [1.54, 1.807) is 24.4 Å². The molecule has 0 radical (unpaired) electrons. The molecule has 1 atom stereocenters. The predicted octanol–water partition coefficient (Wildman–Crippen LogP) is 2.99. The van der Waals surface area contributed by atoms with Gasteiger partial charge in [-0.2, -0.15) is 0 Å². The standard InChI is InChI=1S/C16H14FN3OS/c1-10-5-4-8-18-14(10)19-16-20-15(21)13(22-16)9-11-6-2-3-7-12(11)17/h2-8,13H,9H2,1H3,(H,18,19,20,21). The molecule has 0 spiro atoms. The van der Waals surface area contributed by atoms with E-state index in [0.29, 0.717) is 23.0 Å². The van der Waals surface area contributed by atoms with Crippen molar-refractivity contribution in [3.05, 3.63) is 59.5 Å². The third-order valence-corrected chi connectivity index (χ3v) is 4.41. The zero-order chi connectivity index (χ0) is 15.5. The molecule has 1 aromatic carbocycles. The van der Waals surface area contributed by atoms with Crippen LogP contribution < -0.4 is 5.32 Å². The number of nitrogens with one attached hydrogen (secondary N) is 1. The highest BCUT2D eigenvalue weighted by Gasteiger charge is 2.31. The molecule has 1 aliphatic heterocycles. The number of aromatic nitrogens is 1. The molecule has 1 fully saturated rings. The van der Waals surface area contributed by atoms with Crippen LogP contribution in [-0.4, -0.2) is 21.3 Å². The van der Waals surface area contributed by atoms with Crippen LogP contribution in [0.25, 0.3) is 0 Å². The Morgan fingerprint density at radius 1 is 1.32 bits per heavy atom. The highest BCUT2D eigenvalue weighted by Crippen LogP contribution is 2.26. The van der Waals surface area contributed by atoms with E-state index in [4.69, 9.17) is 0 Å². The van der Waals surface area contributed by atoms with Gasteiger partial charge >= 0.3 is 0 Å². The Labute approximate surface area is 131 Å². The number of hydrogen-bond donors (Lipinski definition) is 1. The maximum atomic E-state index is 13.7. The Hall–Kier alpha value is -2.21. The first kappa shape index (κ1) is 14.7. The molecule has 0 aliphatic carbocycles. The summed E-state index contributed by atoms with van der Waals surface area (Å²) in [6.45, 7) is 1.91. The summed E-state index contributed by atoms with van der Waals surface area (Å²) < 4.78 is 13.7. The summed E-state index contributed by atoms with van der Waals surface area (Å²) >= 11 is 1.31. The van der Waals surface area contributed by atoms with Crippen LogP contribution in [0.1, 0.15) is 11.1 Å². The third kappa shape index (κ3) is 3.17. The summed E-state index contributed by atoms with van der Waals surface area (Å²) in [4.78, 5) is 20.6. The molecule has 1 unspecified atom stereocenters. The van der Waals surface area contributed by atoms with Crippen LogP contribution in [0.5, 0.6) is 0 Å².